The Balaban J connectivity index is 2.32. The number of ether oxygens (including phenoxy) is 2. The fourth-order valence-electron chi connectivity index (χ4n) is 4.14. The van der Waals surface area contributed by atoms with Crippen molar-refractivity contribution >= 4 is 11.6 Å². The third-order valence-corrected chi connectivity index (χ3v) is 5.92. The Morgan fingerprint density at radius 3 is 2.45 bits per heavy atom. The lowest BCUT2D eigenvalue weighted by atomic mass is 9.84. The van der Waals surface area contributed by atoms with Gasteiger partial charge in [0.25, 0.3) is 0 Å². The maximum Gasteiger partial charge on any atom is 0.224 e. The van der Waals surface area contributed by atoms with Crippen LogP contribution in [0.5, 0.6) is 11.5 Å². The number of anilines is 1. The number of nitrogens with zero attached hydrogens (tertiary/aromatic N) is 1. The van der Waals surface area contributed by atoms with Crippen molar-refractivity contribution in [2.24, 2.45) is 0 Å². The normalized spacial score (nSPS) is 12.0. The van der Waals surface area contributed by atoms with Crippen LogP contribution < -0.4 is 14.8 Å². The van der Waals surface area contributed by atoms with Crippen LogP contribution in [0.4, 0.5) is 5.69 Å². The van der Waals surface area contributed by atoms with Crippen molar-refractivity contribution in [1.82, 2.24) is 0 Å². The van der Waals surface area contributed by atoms with Gasteiger partial charge in [0.05, 0.1) is 26.7 Å². The molecule has 5 heteroatoms. The van der Waals surface area contributed by atoms with Crippen molar-refractivity contribution in [3.63, 3.8) is 0 Å². The van der Waals surface area contributed by atoms with E-state index in [1.807, 2.05) is 36.4 Å². The number of unbranched alkanes of at least 4 members (excludes halogenated alkanes) is 2. The Morgan fingerprint density at radius 1 is 1.09 bits per heavy atom. The van der Waals surface area contributed by atoms with Crippen LogP contribution in [0, 0.1) is 11.3 Å². The van der Waals surface area contributed by atoms with Crippen LogP contribution in [-0.4, -0.2) is 20.1 Å². The van der Waals surface area contributed by atoms with Crippen LogP contribution in [0.1, 0.15) is 82.4 Å². The number of nitriles is 1. The molecule has 0 spiro atoms. The summed E-state index contributed by atoms with van der Waals surface area (Å²) in [6.07, 6.45) is 4.88. The first-order valence-electron chi connectivity index (χ1n) is 11.8. The number of carbonyl (C=O) groups is 1. The van der Waals surface area contributed by atoms with Crippen molar-refractivity contribution in [1.29, 1.82) is 5.26 Å². The molecular formula is C28H38N2O3. The number of hydrogen-bond acceptors (Lipinski definition) is 4. The summed E-state index contributed by atoms with van der Waals surface area (Å²) in [6, 6.07) is 13.9. The van der Waals surface area contributed by atoms with E-state index in [2.05, 4.69) is 39.1 Å². The summed E-state index contributed by atoms with van der Waals surface area (Å²) in [5.41, 5.74) is 3.64. The summed E-state index contributed by atoms with van der Waals surface area (Å²) in [7, 11) is 3.28. The van der Waals surface area contributed by atoms with Gasteiger partial charge < -0.3 is 14.8 Å². The summed E-state index contributed by atoms with van der Waals surface area (Å²) < 4.78 is 11.0. The van der Waals surface area contributed by atoms with Gasteiger partial charge in [-0.3, -0.25) is 4.79 Å². The minimum absolute atomic E-state index is 0.0334. The Hall–Kier alpha value is -3.00. The zero-order valence-corrected chi connectivity index (χ0v) is 21.0. The number of nitrogens with one attached hydrogen (secondary N) is 1. The summed E-state index contributed by atoms with van der Waals surface area (Å²) in [5, 5.41) is 12.3. The zero-order chi connectivity index (χ0) is 24.4. The molecule has 1 atom stereocenters. The number of amides is 1. The molecule has 1 N–H and O–H groups in total. The molecule has 0 aliphatic carbocycles. The van der Waals surface area contributed by atoms with Crippen LogP contribution in [0.3, 0.4) is 0 Å². The Labute approximate surface area is 199 Å². The highest BCUT2D eigenvalue weighted by molar-refractivity contribution is 5.92. The van der Waals surface area contributed by atoms with Gasteiger partial charge >= 0.3 is 0 Å². The smallest absolute Gasteiger partial charge is 0.224 e. The molecule has 0 aromatic heterocycles. The average Bonchev–Trinajstić information content (AvgIpc) is 2.77. The number of hydrogen-bond donors (Lipinski definition) is 1. The number of benzene rings is 2. The summed E-state index contributed by atoms with van der Waals surface area (Å²) in [5.74, 6) is 1.48. The van der Waals surface area contributed by atoms with Gasteiger partial charge in [-0.2, -0.15) is 5.26 Å². The molecule has 0 heterocycles. The van der Waals surface area contributed by atoms with Crippen molar-refractivity contribution < 1.29 is 14.3 Å². The Morgan fingerprint density at radius 2 is 1.85 bits per heavy atom. The molecule has 1 amide bonds. The zero-order valence-electron chi connectivity index (χ0n) is 21.0. The fraction of sp³-hybridized carbons (Fsp3) is 0.500. The molecular weight excluding hydrogens is 412 g/mol. The quantitative estimate of drug-likeness (QED) is 0.384. The van der Waals surface area contributed by atoms with Crippen LogP contribution in [0.2, 0.25) is 0 Å². The predicted molar refractivity (Wildman–Crippen MR) is 134 cm³/mol. The Bertz CT molecular complexity index is 970. The molecule has 178 valence electrons. The van der Waals surface area contributed by atoms with Gasteiger partial charge in [-0.1, -0.05) is 65.2 Å². The minimum atomic E-state index is -0.131. The first-order chi connectivity index (χ1) is 15.7. The summed E-state index contributed by atoms with van der Waals surface area (Å²) in [6.45, 7) is 8.55. The van der Waals surface area contributed by atoms with E-state index in [-0.39, 0.29) is 17.2 Å². The molecule has 0 saturated heterocycles. The lowest BCUT2D eigenvalue weighted by Crippen LogP contribution is -2.21. The average molecular weight is 451 g/mol. The molecule has 2 aromatic carbocycles. The number of rotatable bonds is 11. The highest BCUT2D eigenvalue weighted by Crippen LogP contribution is 2.36. The Kier molecular flexibility index (Phi) is 9.78. The van der Waals surface area contributed by atoms with Gasteiger partial charge in [0.1, 0.15) is 11.5 Å². The molecule has 2 rings (SSSR count). The highest BCUT2D eigenvalue weighted by atomic mass is 16.5. The van der Waals surface area contributed by atoms with E-state index in [9.17, 15) is 4.79 Å². The second-order valence-electron chi connectivity index (χ2n) is 9.52. The maximum absolute atomic E-state index is 13.3. The van der Waals surface area contributed by atoms with Crippen LogP contribution in [0.15, 0.2) is 36.4 Å². The van der Waals surface area contributed by atoms with E-state index >= 15 is 0 Å². The molecule has 0 aliphatic heterocycles. The standard InChI is InChI=1S/C28H38N2O3/c1-7-8-9-10-21(23-13-12-22(32-5)19-26(23)33-6)18-27(31)30-25-17-20(15-16-29)11-14-24(25)28(2,3)4/h11-14,17,19,21H,7-10,15,18H2,1-6H3,(H,30,31). The topological polar surface area (TPSA) is 71.4 Å². The molecule has 0 bridgehead atoms. The SMILES string of the molecule is CCCCCC(CC(=O)Nc1cc(CC#N)ccc1C(C)(C)C)c1ccc(OC)cc1OC. The second-order valence-corrected chi connectivity index (χ2v) is 9.52. The lowest BCUT2D eigenvalue weighted by Gasteiger charge is -2.25. The molecule has 2 aromatic rings. The van der Waals surface area contributed by atoms with Gasteiger partial charge in [-0.25, -0.2) is 0 Å². The van der Waals surface area contributed by atoms with Gasteiger partial charge in [0.15, 0.2) is 0 Å². The number of methoxy groups -OCH3 is 2. The van der Waals surface area contributed by atoms with E-state index in [1.54, 1.807) is 14.2 Å². The molecule has 0 aliphatic rings. The van der Waals surface area contributed by atoms with Crippen molar-refractivity contribution in [3.8, 4) is 17.6 Å². The van der Waals surface area contributed by atoms with Crippen molar-refractivity contribution in [2.75, 3.05) is 19.5 Å². The van der Waals surface area contributed by atoms with Crippen molar-refractivity contribution in [3.05, 3.63) is 53.1 Å². The highest BCUT2D eigenvalue weighted by Gasteiger charge is 2.23. The molecule has 5 nitrogen and oxygen atoms in total. The lowest BCUT2D eigenvalue weighted by molar-refractivity contribution is -0.116. The van der Waals surface area contributed by atoms with Gasteiger partial charge in [-0.05, 0) is 46.6 Å². The molecule has 0 radical (unpaired) electrons. The summed E-state index contributed by atoms with van der Waals surface area (Å²) in [4.78, 5) is 13.3. The molecule has 33 heavy (non-hydrogen) atoms. The minimum Gasteiger partial charge on any atom is -0.497 e. The molecule has 1 unspecified atom stereocenters. The third kappa shape index (κ3) is 7.53. The molecule has 0 saturated carbocycles. The fourth-order valence-corrected chi connectivity index (χ4v) is 4.14. The van der Waals surface area contributed by atoms with Gasteiger partial charge in [-0.15, -0.1) is 0 Å². The first kappa shape index (κ1) is 26.3. The van der Waals surface area contributed by atoms with E-state index in [0.29, 0.717) is 12.8 Å². The van der Waals surface area contributed by atoms with Gasteiger partial charge in [0.2, 0.25) is 5.91 Å². The van der Waals surface area contributed by atoms with Gasteiger partial charge in [0, 0.05) is 18.2 Å². The number of carbonyl (C=O) groups excluding carboxylic acids is 1. The largest absolute Gasteiger partial charge is 0.497 e. The van der Waals surface area contributed by atoms with E-state index in [1.165, 1.54) is 0 Å². The maximum atomic E-state index is 13.3. The van der Waals surface area contributed by atoms with Crippen molar-refractivity contribution in [2.45, 2.75) is 77.6 Å². The van der Waals surface area contributed by atoms with Crippen LogP contribution >= 0.6 is 0 Å². The monoisotopic (exact) mass is 450 g/mol. The summed E-state index contributed by atoms with van der Waals surface area (Å²) >= 11 is 0. The first-order valence-corrected chi connectivity index (χ1v) is 11.8. The third-order valence-electron chi connectivity index (χ3n) is 5.92. The predicted octanol–water partition coefficient (Wildman–Crippen LogP) is 6.76. The van der Waals surface area contributed by atoms with E-state index in [0.717, 1.165) is 59.6 Å². The van der Waals surface area contributed by atoms with Crippen LogP contribution in [0.25, 0.3) is 0 Å². The second kappa shape index (κ2) is 12.3. The van der Waals surface area contributed by atoms with E-state index < -0.39 is 0 Å². The van der Waals surface area contributed by atoms with E-state index in [4.69, 9.17) is 14.7 Å². The van der Waals surface area contributed by atoms with Crippen LogP contribution in [-0.2, 0) is 16.6 Å². The molecule has 0 fully saturated rings.